The second kappa shape index (κ2) is 6.21. The molecular formula is C14H13FN2O5S. The number of benzene rings is 2. The van der Waals surface area contributed by atoms with Crippen molar-refractivity contribution in [2.75, 3.05) is 11.8 Å². The van der Waals surface area contributed by atoms with Crippen LogP contribution in [0.2, 0.25) is 0 Å². The Hall–Kier alpha value is -2.68. The number of nitro benzene ring substituents is 1. The highest BCUT2D eigenvalue weighted by Gasteiger charge is 2.22. The summed E-state index contributed by atoms with van der Waals surface area (Å²) in [6.07, 6.45) is 0. The molecule has 0 unspecified atom stereocenters. The predicted molar refractivity (Wildman–Crippen MR) is 81.6 cm³/mol. The molecule has 1 N–H and O–H groups in total. The Morgan fingerprint density at radius 2 is 1.91 bits per heavy atom. The third-order valence-electron chi connectivity index (χ3n) is 3.02. The van der Waals surface area contributed by atoms with Crippen LogP contribution in [-0.4, -0.2) is 20.5 Å². The molecule has 2 aromatic carbocycles. The van der Waals surface area contributed by atoms with Gasteiger partial charge in [-0.3, -0.25) is 14.8 Å². The van der Waals surface area contributed by atoms with Crippen molar-refractivity contribution in [3.05, 3.63) is 57.9 Å². The fourth-order valence-corrected chi connectivity index (χ4v) is 2.98. The molecule has 0 saturated heterocycles. The Bertz CT molecular complexity index is 867. The first-order chi connectivity index (χ1) is 10.7. The maximum Gasteiger partial charge on any atom is 0.312 e. The average Bonchev–Trinajstić information content (AvgIpc) is 2.50. The fraction of sp³-hybridized carbons (Fsp3) is 0.143. The monoisotopic (exact) mass is 340 g/mol. The summed E-state index contributed by atoms with van der Waals surface area (Å²) in [6.45, 7) is 1.68. The smallest absolute Gasteiger partial charge is 0.312 e. The van der Waals surface area contributed by atoms with Gasteiger partial charge in [-0.05, 0) is 36.8 Å². The van der Waals surface area contributed by atoms with Crippen molar-refractivity contribution in [1.82, 2.24) is 0 Å². The number of nitrogens with zero attached hydrogens (tertiary/aromatic N) is 1. The van der Waals surface area contributed by atoms with Crippen LogP contribution in [0.25, 0.3) is 0 Å². The quantitative estimate of drug-likeness (QED) is 0.666. The van der Waals surface area contributed by atoms with Crippen LogP contribution in [0.1, 0.15) is 5.56 Å². The third-order valence-corrected chi connectivity index (χ3v) is 4.39. The van der Waals surface area contributed by atoms with E-state index in [2.05, 4.69) is 4.72 Å². The van der Waals surface area contributed by atoms with E-state index < -0.39 is 26.5 Å². The number of anilines is 1. The molecule has 0 amide bonds. The van der Waals surface area contributed by atoms with Crippen LogP contribution in [0.15, 0.2) is 41.3 Å². The number of hydrogen-bond acceptors (Lipinski definition) is 5. The Balaban J connectivity index is 2.46. The third kappa shape index (κ3) is 3.57. The lowest BCUT2D eigenvalue weighted by Gasteiger charge is -2.10. The van der Waals surface area contributed by atoms with Crippen molar-refractivity contribution < 1.29 is 22.5 Å². The Morgan fingerprint density at radius 3 is 2.52 bits per heavy atom. The molecule has 0 heterocycles. The summed E-state index contributed by atoms with van der Waals surface area (Å²) in [5.74, 6) is -0.821. The number of aryl methyl sites for hydroxylation is 1. The molecule has 0 aliphatic carbocycles. The van der Waals surface area contributed by atoms with E-state index in [4.69, 9.17) is 4.74 Å². The number of methoxy groups -OCH3 is 1. The predicted octanol–water partition coefficient (Wildman–Crippen LogP) is 2.85. The largest absolute Gasteiger partial charge is 0.490 e. The van der Waals surface area contributed by atoms with Crippen LogP contribution in [-0.2, 0) is 10.0 Å². The van der Waals surface area contributed by atoms with Gasteiger partial charge in [-0.2, -0.15) is 0 Å². The molecule has 0 saturated carbocycles. The zero-order chi connectivity index (χ0) is 17.2. The number of ether oxygens (including phenoxy) is 1. The number of rotatable bonds is 5. The van der Waals surface area contributed by atoms with E-state index in [9.17, 15) is 22.9 Å². The lowest BCUT2D eigenvalue weighted by Crippen LogP contribution is -2.14. The van der Waals surface area contributed by atoms with Gasteiger partial charge in [0.15, 0.2) is 5.75 Å². The van der Waals surface area contributed by atoms with Gasteiger partial charge in [0.2, 0.25) is 0 Å². The summed E-state index contributed by atoms with van der Waals surface area (Å²) in [4.78, 5) is 9.84. The lowest BCUT2D eigenvalue weighted by molar-refractivity contribution is -0.386. The van der Waals surface area contributed by atoms with E-state index in [1.54, 1.807) is 6.92 Å². The van der Waals surface area contributed by atoms with Crippen molar-refractivity contribution in [2.24, 2.45) is 0 Å². The zero-order valence-electron chi connectivity index (χ0n) is 12.2. The van der Waals surface area contributed by atoms with Gasteiger partial charge < -0.3 is 4.74 Å². The molecule has 0 aromatic heterocycles. The van der Waals surface area contributed by atoms with E-state index in [0.717, 1.165) is 18.2 Å². The van der Waals surface area contributed by atoms with Crippen LogP contribution in [0.5, 0.6) is 5.75 Å². The van der Waals surface area contributed by atoms with Gasteiger partial charge >= 0.3 is 5.69 Å². The van der Waals surface area contributed by atoms with E-state index in [1.165, 1.54) is 25.3 Å². The van der Waals surface area contributed by atoms with Crippen LogP contribution < -0.4 is 9.46 Å². The summed E-state index contributed by atoms with van der Waals surface area (Å²) < 4.78 is 45.2. The van der Waals surface area contributed by atoms with E-state index in [-0.39, 0.29) is 16.3 Å². The lowest BCUT2D eigenvalue weighted by atomic mass is 10.2. The van der Waals surface area contributed by atoms with Gasteiger partial charge in [0, 0.05) is 6.07 Å². The number of nitrogens with one attached hydrogen (secondary N) is 1. The highest BCUT2D eigenvalue weighted by atomic mass is 32.2. The summed E-state index contributed by atoms with van der Waals surface area (Å²) in [5, 5.41) is 11.0. The molecule has 0 aliphatic heterocycles. The first-order valence-corrected chi connectivity index (χ1v) is 7.84. The topological polar surface area (TPSA) is 98.5 Å². The highest BCUT2D eigenvalue weighted by molar-refractivity contribution is 7.92. The minimum atomic E-state index is -4.18. The Labute approximate surface area is 131 Å². The van der Waals surface area contributed by atoms with Crippen molar-refractivity contribution in [1.29, 1.82) is 0 Å². The van der Waals surface area contributed by atoms with Crippen LogP contribution in [0, 0.1) is 22.9 Å². The molecule has 0 atom stereocenters. The minimum Gasteiger partial charge on any atom is -0.490 e. The number of hydrogen-bond donors (Lipinski definition) is 1. The van der Waals surface area contributed by atoms with Crippen LogP contribution in [0.4, 0.5) is 15.8 Å². The van der Waals surface area contributed by atoms with Crippen molar-refractivity contribution in [2.45, 2.75) is 11.8 Å². The van der Waals surface area contributed by atoms with Gasteiger partial charge in [0.05, 0.1) is 22.6 Å². The molecule has 2 aromatic rings. The molecule has 2 rings (SSSR count). The molecule has 9 heteroatoms. The second-order valence-corrected chi connectivity index (χ2v) is 6.36. The van der Waals surface area contributed by atoms with Gasteiger partial charge in [0.25, 0.3) is 10.0 Å². The van der Waals surface area contributed by atoms with Crippen molar-refractivity contribution >= 4 is 21.4 Å². The molecule has 0 bridgehead atoms. The number of sulfonamides is 1. The number of nitro groups is 1. The zero-order valence-corrected chi connectivity index (χ0v) is 13.1. The summed E-state index contributed by atoms with van der Waals surface area (Å²) in [5.41, 5.74) is -0.0756. The summed E-state index contributed by atoms with van der Waals surface area (Å²) in [7, 11) is -2.95. The van der Waals surface area contributed by atoms with E-state index >= 15 is 0 Å². The van der Waals surface area contributed by atoms with Crippen molar-refractivity contribution in [3.8, 4) is 5.75 Å². The fourth-order valence-electron chi connectivity index (χ4n) is 1.90. The summed E-state index contributed by atoms with van der Waals surface area (Å²) in [6, 6.07) is 7.11. The highest BCUT2D eigenvalue weighted by Crippen LogP contribution is 2.30. The number of halogens is 1. The minimum absolute atomic E-state index is 0.0734. The van der Waals surface area contributed by atoms with Crippen molar-refractivity contribution in [3.63, 3.8) is 0 Å². The molecule has 0 spiro atoms. The molecular weight excluding hydrogens is 327 g/mol. The molecule has 0 fully saturated rings. The normalized spacial score (nSPS) is 11.1. The Kier molecular flexibility index (Phi) is 4.50. The Morgan fingerprint density at radius 1 is 1.22 bits per heavy atom. The maximum atomic E-state index is 13.7. The van der Waals surface area contributed by atoms with Gasteiger partial charge in [0.1, 0.15) is 5.82 Å². The molecule has 23 heavy (non-hydrogen) atoms. The van der Waals surface area contributed by atoms with Crippen LogP contribution in [0.3, 0.4) is 0 Å². The summed E-state index contributed by atoms with van der Waals surface area (Å²) >= 11 is 0. The molecule has 122 valence electrons. The molecule has 0 radical (unpaired) electrons. The first kappa shape index (κ1) is 16.7. The van der Waals surface area contributed by atoms with Gasteiger partial charge in [-0.15, -0.1) is 0 Å². The van der Waals surface area contributed by atoms with Crippen LogP contribution >= 0.6 is 0 Å². The standard InChI is InChI=1S/C14H13FN2O5S/c1-9-3-5-11(15)12(7-9)16-23(20,21)10-4-6-14(22-2)13(8-10)17(18)19/h3-8,16H,1-2H3. The first-order valence-electron chi connectivity index (χ1n) is 6.36. The maximum absolute atomic E-state index is 13.7. The van der Waals surface area contributed by atoms with Gasteiger partial charge in [-0.25, -0.2) is 12.8 Å². The van der Waals surface area contributed by atoms with E-state index in [1.807, 2.05) is 0 Å². The van der Waals surface area contributed by atoms with E-state index in [0.29, 0.717) is 5.56 Å². The second-order valence-electron chi connectivity index (χ2n) is 4.68. The average molecular weight is 340 g/mol. The molecule has 7 nitrogen and oxygen atoms in total. The molecule has 0 aliphatic rings. The van der Waals surface area contributed by atoms with Gasteiger partial charge in [-0.1, -0.05) is 6.07 Å². The SMILES string of the molecule is COc1ccc(S(=O)(=O)Nc2cc(C)ccc2F)cc1[N+](=O)[O-].